The number of halogens is 1. The zero-order valence-corrected chi connectivity index (χ0v) is 19.7. The van der Waals surface area contributed by atoms with Crippen LogP contribution < -0.4 is 9.80 Å². The molecule has 4 rings (SSSR count). The maximum Gasteiger partial charge on any atom is 0.410 e. The topological polar surface area (TPSA) is 56.3 Å². The molecule has 0 saturated carbocycles. The lowest BCUT2D eigenvalue weighted by molar-refractivity contribution is 0.0240. The predicted octanol–water partition coefficient (Wildman–Crippen LogP) is 4.45. The van der Waals surface area contributed by atoms with E-state index in [0.29, 0.717) is 39.3 Å². The van der Waals surface area contributed by atoms with E-state index in [-0.39, 0.29) is 17.9 Å². The summed E-state index contributed by atoms with van der Waals surface area (Å²) in [5, 5.41) is 0. The molecule has 2 aromatic carbocycles. The number of carbonyl (C=O) groups excluding carboxylic acids is 2. The Hall–Kier alpha value is -3.29. The molecule has 7 nitrogen and oxygen atoms in total. The van der Waals surface area contributed by atoms with E-state index in [9.17, 15) is 14.0 Å². The van der Waals surface area contributed by atoms with Crippen molar-refractivity contribution < 1.29 is 18.7 Å². The van der Waals surface area contributed by atoms with Crippen LogP contribution in [0.25, 0.3) is 0 Å². The minimum Gasteiger partial charge on any atom is -0.444 e. The Morgan fingerprint density at radius 1 is 1.03 bits per heavy atom. The predicted molar refractivity (Wildman–Crippen MR) is 126 cm³/mol. The molecule has 0 N–H and O–H groups in total. The monoisotopic (exact) mass is 454 g/mol. The Kier molecular flexibility index (Phi) is 6.19. The fourth-order valence-electron chi connectivity index (χ4n) is 4.31. The quantitative estimate of drug-likeness (QED) is 0.687. The van der Waals surface area contributed by atoms with Crippen LogP contribution in [0, 0.1) is 5.82 Å². The molecule has 0 aliphatic carbocycles. The number of carbonyl (C=O) groups is 2. The van der Waals surface area contributed by atoms with Gasteiger partial charge in [0.15, 0.2) is 0 Å². The summed E-state index contributed by atoms with van der Waals surface area (Å²) in [7, 11) is 1.78. The number of hydrogen-bond donors (Lipinski definition) is 0. The lowest BCUT2D eigenvalue weighted by Crippen LogP contribution is -2.51. The van der Waals surface area contributed by atoms with Gasteiger partial charge in [-0.2, -0.15) is 0 Å². The molecule has 1 saturated heterocycles. The maximum absolute atomic E-state index is 13.7. The van der Waals surface area contributed by atoms with E-state index in [1.165, 1.54) is 12.1 Å². The van der Waals surface area contributed by atoms with Crippen molar-refractivity contribution in [1.82, 2.24) is 9.80 Å². The van der Waals surface area contributed by atoms with E-state index in [1.807, 2.05) is 39.0 Å². The first-order chi connectivity index (χ1) is 15.6. The maximum atomic E-state index is 13.7. The smallest absolute Gasteiger partial charge is 0.410 e. The number of anilines is 2. The van der Waals surface area contributed by atoms with E-state index >= 15 is 0 Å². The Bertz CT molecular complexity index is 1040. The van der Waals surface area contributed by atoms with Gasteiger partial charge in [-0.1, -0.05) is 18.2 Å². The minimum atomic E-state index is -0.519. The van der Waals surface area contributed by atoms with Gasteiger partial charge in [0.05, 0.1) is 18.8 Å². The summed E-state index contributed by atoms with van der Waals surface area (Å²) in [5.74, 6) is -0.317. The van der Waals surface area contributed by atoms with Gasteiger partial charge in [-0.05, 0) is 50.6 Å². The summed E-state index contributed by atoms with van der Waals surface area (Å²) in [6.07, 6.45) is -0.288. The third kappa shape index (κ3) is 5.05. The van der Waals surface area contributed by atoms with Gasteiger partial charge in [0, 0.05) is 44.5 Å². The fraction of sp³-hybridized carbons (Fsp3) is 0.440. The second-order valence-corrected chi connectivity index (χ2v) is 9.58. The molecule has 0 unspecified atom stereocenters. The average molecular weight is 455 g/mol. The normalized spacial score (nSPS) is 16.7. The first-order valence-electron chi connectivity index (χ1n) is 11.2. The van der Waals surface area contributed by atoms with E-state index in [1.54, 1.807) is 27.8 Å². The van der Waals surface area contributed by atoms with E-state index in [0.717, 1.165) is 22.5 Å². The van der Waals surface area contributed by atoms with Crippen molar-refractivity contribution >= 4 is 23.5 Å². The van der Waals surface area contributed by atoms with E-state index in [2.05, 4.69) is 11.0 Å². The van der Waals surface area contributed by atoms with E-state index < -0.39 is 5.60 Å². The van der Waals surface area contributed by atoms with Crippen LogP contribution in [0.15, 0.2) is 42.5 Å². The highest BCUT2D eigenvalue weighted by Gasteiger charge is 2.32. The van der Waals surface area contributed by atoms with Crippen molar-refractivity contribution in [1.29, 1.82) is 0 Å². The van der Waals surface area contributed by atoms with Gasteiger partial charge < -0.3 is 19.4 Å². The molecule has 0 radical (unpaired) electrons. The zero-order valence-electron chi connectivity index (χ0n) is 19.7. The van der Waals surface area contributed by atoms with Gasteiger partial charge in [0.25, 0.3) is 0 Å². The average Bonchev–Trinajstić information content (AvgIpc) is 2.75. The van der Waals surface area contributed by atoms with Crippen LogP contribution in [-0.4, -0.2) is 60.8 Å². The largest absolute Gasteiger partial charge is 0.444 e. The minimum absolute atomic E-state index is 0.112. The van der Waals surface area contributed by atoms with E-state index in [4.69, 9.17) is 4.74 Å². The second-order valence-electron chi connectivity index (χ2n) is 9.58. The van der Waals surface area contributed by atoms with Gasteiger partial charge in [-0.15, -0.1) is 0 Å². The Balaban J connectivity index is 1.55. The summed E-state index contributed by atoms with van der Waals surface area (Å²) >= 11 is 0. The van der Waals surface area contributed by atoms with Crippen LogP contribution in [0.4, 0.5) is 25.4 Å². The zero-order chi connectivity index (χ0) is 23.8. The molecule has 2 aliphatic heterocycles. The third-order valence-electron chi connectivity index (χ3n) is 5.87. The van der Waals surface area contributed by atoms with Crippen molar-refractivity contribution in [3.63, 3.8) is 0 Å². The summed E-state index contributed by atoms with van der Waals surface area (Å²) in [5.41, 5.74) is 3.17. The van der Waals surface area contributed by atoms with Crippen molar-refractivity contribution in [2.75, 3.05) is 43.0 Å². The first-order valence-corrected chi connectivity index (χ1v) is 11.2. The lowest BCUT2D eigenvalue weighted by atomic mass is 10.0. The first kappa shape index (κ1) is 22.9. The molecule has 0 spiro atoms. The number of ether oxygens (including phenoxy) is 1. The van der Waals surface area contributed by atoms with Gasteiger partial charge in [-0.3, -0.25) is 4.90 Å². The number of hydrogen-bond acceptors (Lipinski definition) is 4. The molecular weight excluding hydrogens is 423 g/mol. The van der Waals surface area contributed by atoms with Crippen LogP contribution in [-0.2, 0) is 17.8 Å². The molecule has 33 heavy (non-hydrogen) atoms. The molecule has 8 heteroatoms. The highest BCUT2D eigenvalue weighted by molar-refractivity contribution is 5.96. The molecule has 176 valence electrons. The number of fused-ring (bicyclic) bond motifs is 1. The lowest BCUT2D eigenvalue weighted by Gasteiger charge is -2.41. The standard InChI is InChI=1S/C25H31FN4O3/c1-25(2,3)33-24(32)29-13-11-28(12-14-29)21-9-6-10-22-20(21)17-27(4)23(31)30(22)16-18-7-5-8-19(26)15-18/h5-10,15H,11-14,16-17H2,1-4H3. The summed E-state index contributed by atoms with van der Waals surface area (Å²) in [6, 6.07) is 12.2. The highest BCUT2D eigenvalue weighted by Crippen LogP contribution is 2.36. The Morgan fingerprint density at radius 3 is 2.36 bits per heavy atom. The van der Waals surface area contributed by atoms with Crippen molar-refractivity contribution in [3.05, 3.63) is 59.4 Å². The molecule has 0 bridgehead atoms. The molecule has 2 aromatic rings. The molecule has 1 fully saturated rings. The van der Waals surface area contributed by atoms with Crippen LogP contribution >= 0.6 is 0 Å². The summed E-state index contributed by atoms with van der Waals surface area (Å²) in [4.78, 5) is 32.8. The number of benzene rings is 2. The van der Waals surface area contributed by atoms with Crippen molar-refractivity contribution in [3.8, 4) is 0 Å². The molecule has 0 atom stereocenters. The molecule has 0 aromatic heterocycles. The van der Waals surface area contributed by atoms with Gasteiger partial charge >= 0.3 is 12.1 Å². The number of urea groups is 1. The number of amides is 3. The number of rotatable bonds is 3. The summed E-state index contributed by atoms with van der Waals surface area (Å²) < 4.78 is 19.2. The van der Waals surface area contributed by atoms with Crippen LogP contribution in [0.1, 0.15) is 31.9 Å². The van der Waals surface area contributed by atoms with Crippen LogP contribution in [0.2, 0.25) is 0 Å². The number of piperazine rings is 1. The molecule has 2 heterocycles. The van der Waals surface area contributed by atoms with Crippen LogP contribution in [0.3, 0.4) is 0 Å². The Morgan fingerprint density at radius 2 is 1.70 bits per heavy atom. The van der Waals surface area contributed by atoms with Crippen molar-refractivity contribution in [2.45, 2.75) is 39.5 Å². The van der Waals surface area contributed by atoms with Crippen molar-refractivity contribution in [2.24, 2.45) is 0 Å². The second kappa shape index (κ2) is 8.92. The SMILES string of the molecule is CN1Cc2c(N3CCN(C(=O)OC(C)(C)C)CC3)cccc2N(Cc2cccc(F)c2)C1=O. The Labute approximate surface area is 194 Å². The third-order valence-corrected chi connectivity index (χ3v) is 5.87. The number of nitrogens with zero attached hydrogens (tertiary/aromatic N) is 4. The highest BCUT2D eigenvalue weighted by atomic mass is 19.1. The van der Waals surface area contributed by atoms with Crippen LogP contribution in [0.5, 0.6) is 0 Å². The molecular formula is C25H31FN4O3. The van der Waals surface area contributed by atoms with Gasteiger partial charge in [-0.25, -0.2) is 14.0 Å². The molecule has 3 amide bonds. The molecule has 2 aliphatic rings. The fourth-order valence-corrected chi connectivity index (χ4v) is 4.31. The van der Waals surface area contributed by atoms with Gasteiger partial charge in [0.2, 0.25) is 0 Å². The summed E-state index contributed by atoms with van der Waals surface area (Å²) in [6.45, 7) is 8.88. The van der Waals surface area contributed by atoms with Gasteiger partial charge in [0.1, 0.15) is 11.4 Å².